The Kier molecular flexibility index (Phi) is 6.38. The van der Waals surface area contributed by atoms with Gasteiger partial charge < -0.3 is 14.0 Å². The molecule has 0 atom stereocenters. The van der Waals surface area contributed by atoms with Crippen LogP contribution in [0.4, 0.5) is 0 Å². The number of esters is 1. The summed E-state index contributed by atoms with van der Waals surface area (Å²) in [6.45, 7) is 4.45. The first-order chi connectivity index (χ1) is 8.65. The lowest BCUT2D eigenvalue weighted by molar-refractivity contribution is -0.141. The summed E-state index contributed by atoms with van der Waals surface area (Å²) in [6.07, 6.45) is 0.358. The molecule has 0 saturated heterocycles. The molecule has 1 rings (SSSR count). The van der Waals surface area contributed by atoms with Crippen LogP contribution in [0.25, 0.3) is 0 Å². The first kappa shape index (κ1) is 14.7. The van der Waals surface area contributed by atoms with Crippen molar-refractivity contribution < 1.29 is 18.8 Å². The smallest absolute Gasteiger partial charge is 0.306 e. The molecule has 0 aliphatic heterocycles. The van der Waals surface area contributed by atoms with Crippen LogP contribution in [-0.2, 0) is 20.8 Å². The second-order valence-electron chi connectivity index (χ2n) is 4.02. The zero-order valence-electron chi connectivity index (χ0n) is 11.1. The van der Waals surface area contributed by atoms with E-state index >= 15 is 0 Å². The van der Waals surface area contributed by atoms with Gasteiger partial charge in [-0.1, -0.05) is 5.16 Å². The van der Waals surface area contributed by atoms with E-state index in [-0.39, 0.29) is 5.97 Å². The van der Waals surface area contributed by atoms with Gasteiger partial charge in [0.25, 0.3) is 0 Å². The third-order valence-electron chi connectivity index (χ3n) is 2.53. The van der Waals surface area contributed by atoms with Crippen LogP contribution in [0.15, 0.2) is 10.6 Å². The lowest BCUT2D eigenvalue weighted by atomic mass is 10.3. The van der Waals surface area contributed by atoms with E-state index in [1.165, 1.54) is 7.11 Å². The number of carbonyl (C=O) groups excluding carboxylic acids is 1. The number of hydrogen-bond donors (Lipinski definition) is 0. The van der Waals surface area contributed by atoms with Gasteiger partial charge in [0.15, 0.2) is 0 Å². The maximum Gasteiger partial charge on any atom is 0.306 e. The zero-order valence-corrected chi connectivity index (χ0v) is 11.1. The van der Waals surface area contributed by atoms with Crippen LogP contribution in [0, 0.1) is 6.92 Å². The van der Waals surface area contributed by atoms with Gasteiger partial charge in [-0.3, -0.25) is 9.69 Å². The van der Waals surface area contributed by atoms with E-state index in [2.05, 4.69) is 14.8 Å². The van der Waals surface area contributed by atoms with Gasteiger partial charge in [-0.2, -0.15) is 0 Å². The monoisotopic (exact) mass is 256 g/mol. The summed E-state index contributed by atoms with van der Waals surface area (Å²) in [5.74, 6) is 0.568. The third kappa shape index (κ3) is 5.29. The first-order valence-corrected chi connectivity index (χ1v) is 5.86. The molecule has 0 N–H and O–H groups in total. The normalized spacial score (nSPS) is 10.9. The highest BCUT2D eigenvalue weighted by atomic mass is 16.5. The van der Waals surface area contributed by atoms with E-state index < -0.39 is 0 Å². The molecule has 1 aromatic heterocycles. The summed E-state index contributed by atoms with van der Waals surface area (Å²) in [5, 5.41) is 3.94. The molecule has 6 heteroatoms. The fourth-order valence-electron chi connectivity index (χ4n) is 1.56. The summed E-state index contributed by atoms with van der Waals surface area (Å²) in [6, 6.07) is 1.89. The second kappa shape index (κ2) is 7.84. The quantitative estimate of drug-likeness (QED) is 0.646. The highest BCUT2D eigenvalue weighted by Gasteiger charge is 2.11. The summed E-state index contributed by atoms with van der Waals surface area (Å²) in [5.41, 5.74) is 0.855. The van der Waals surface area contributed by atoms with Gasteiger partial charge in [0, 0.05) is 32.8 Å². The van der Waals surface area contributed by atoms with Gasteiger partial charge in [0.2, 0.25) is 0 Å². The van der Waals surface area contributed by atoms with Gasteiger partial charge in [-0.15, -0.1) is 0 Å². The Balaban J connectivity index is 2.46. The van der Waals surface area contributed by atoms with Crippen molar-refractivity contribution in [1.29, 1.82) is 0 Å². The van der Waals surface area contributed by atoms with Crippen molar-refractivity contribution in [2.75, 3.05) is 33.9 Å². The van der Waals surface area contributed by atoms with Crippen LogP contribution < -0.4 is 0 Å². The molecule has 0 aromatic carbocycles. The fraction of sp³-hybridized carbons (Fsp3) is 0.667. The van der Waals surface area contributed by atoms with Gasteiger partial charge in [-0.25, -0.2) is 0 Å². The summed E-state index contributed by atoms with van der Waals surface area (Å²) < 4.78 is 14.7. The average molecular weight is 256 g/mol. The molecule has 0 aliphatic rings. The maximum atomic E-state index is 11.1. The van der Waals surface area contributed by atoms with Crippen molar-refractivity contribution in [1.82, 2.24) is 10.1 Å². The predicted octanol–water partition coefficient (Wildman–Crippen LogP) is 0.995. The molecule has 1 heterocycles. The topological polar surface area (TPSA) is 64.8 Å². The van der Waals surface area contributed by atoms with Gasteiger partial charge in [-0.05, 0) is 6.92 Å². The fourth-order valence-corrected chi connectivity index (χ4v) is 1.56. The first-order valence-electron chi connectivity index (χ1n) is 5.86. The number of hydrogen-bond acceptors (Lipinski definition) is 6. The lowest BCUT2D eigenvalue weighted by Gasteiger charge is -2.19. The Bertz CT molecular complexity index is 365. The Hall–Kier alpha value is -1.40. The molecule has 0 aliphatic carbocycles. The summed E-state index contributed by atoms with van der Waals surface area (Å²) in [7, 11) is 3.04. The van der Waals surface area contributed by atoms with Crippen molar-refractivity contribution >= 4 is 5.97 Å². The van der Waals surface area contributed by atoms with E-state index in [0.717, 1.165) is 18.0 Å². The van der Waals surface area contributed by atoms with Crippen molar-refractivity contribution in [2.24, 2.45) is 0 Å². The number of nitrogens with zero attached hydrogens (tertiary/aromatic N) is 2. The van der Waals surface area contributed by atoms with Gasteiger partial charge in [0.05, 0.1) is 25.8 Å². The maximum absolute atomic E-state index is 11.1. The van der Waals surface area contributed by atoms with E-state index in [1.807, 2.05) is 13.0 Å². The number of aryl methyl sites for hydroxylation is 1. The van der Waals surface area contributed by atoms with Gasteiger partial charge >= 0.3 is 5.97 Å². The number of rotatable bonds is 8. The molecule has 0 saturated carbocycles. The molecule has 0 spiro atoms. The van der Waals surface area contributed by atoms with Crippen LogP contribution in [0.2, 0.25) is 0 Å². The zero-order chi connectivity index (χ0) is 13.4. The van der Waals surface area contributed by atoms with Crippen LogP contribution in [0.1, 0.15) is 17.9 Å². The van der Waals surface area contributed by atoms with E-state index in [9.17, 15) is 4.79 Å². The predicted molar refractivity (Wildman–Crippen MR) is 65.0 cm³/mol. The van der Waals surface area contributed by atoms with E-state index in [1.54, 1.807) is 7.11 Å². The van der Waals surface area contributed by atoms with Crippen molar-refractivity contribution in [3.8, 4) is 0 Å². The van der Waals surface area contributed by atoms with Crippen LogP contribution in [0.5, 0.6) is 0 Å². The molecule has 102 valence electrons. The molecule has 0 bridgehead atoms. The van der Waals surface area contributed by atoms with Crippen molar-refractivity contribution in [3.05, 3.63) is 17.5 Å². The van der Waals surface area contributed by atoms with E-state index in [4.69, 9.17) is 9.26 Å². The number of ether oxygens (including phenoxy) is 2. The molecular weight excluding hydrogens is 236 g/mol. The minimum absolute atomic E-state index is 0.214. The Morgan fingerprint density at radius 2 is 2.22 bits per heavy atom. The molecule has 1 aromatic rings. The Labute approximate surface area is 107 Å². The molecule has 0 amide bonds. The molecular formula is C12H20N2O4. The van der Waals surface area contributed by atoms with Crippen molar-refractivity contribution in [3.63, 3.8) is 0 Å². The number of aromatic nitrogens is 1. The summed E-state index contributed by atoms with van der Waals surface area (Å²) in [4.78, 5) is 13.2. The Morgan fingerprint density at radius 3 is 2.78 bits per heavy atom. The molecule has 18 heavy (non-hydrogen) atoms. The largest absolute Gasteiger partial charge is 0.469 e. The lowest BCUT2D eigenvalue weighted by Crippen LogP contribution is -2.29. The number of methoxy groups -OCH3 is 2. The van der Waals surface area contributed by atoms with Crippen LogP contribution in [-0.4, -0.2) is 49.9 Å². The second-order valence-corrected chi connectivity index (χ2v) is 4.02. The highest BCUT2D eigenvalue weighted by molar-refractivity contribution is 5.69. The van der Waals surface area contributed by atoms with E-state index in [0.29, 0.717) is 26.1 Å². The standard InChI is InChI=1S/C12H20N2O4/c1-10-8-11(13-18-10)9-14(6-7-16-2)5-4-12(15)17-3/h8H,4-7,9H2,1-3H3. The summed E-state index contributed by atoms with van der Waals surface area (Å²) >= 11 is 0. The minimum Gasteiger partial charge on any atom is -0.469 e. The van der Waals surface area contributed by atoms with Crippen LogP contribution >= 0.6 is 0 Å². The molecule has 0 unspecified atom stereocenters. The van der Waals surface area contributed by atoms with Crippen molar-refractivity contribution in [2.45, 2.75) is 19.9 Å². The SMILES string of the molecule is COCCN(CCC(=O)OC)Cc1cc(C)on1. The number of carbonyl (C=O) groups is 1. The average Bonchev–Trinajstić information content (AvgIpc) is 2.77. The minimum atomic E-state index is -0.214. The molecule has 0 radical (unpaired) electrons. The highest BCUT2D eigenvalue weighted by Crippen LogP contribution is 2.06. The molecule has 6 nitrogen and oxygen atoms in total. The van der Waals surface area contributed by atoms with Crippen LogP contribution in [0.3, 0.4) is 0 Å². The third-order valence-corrected chi connectivity index (χ3v) is 2.53. The molecule has 0 fully saturated rings. The van der Waals surface area contributed by atoms with Gasteiger partial charge in [0.1, 0.15) is 5.76 Å². The Morgan fingerprint density at radius 1 is 1.44 bits per heavy atom.